The number of benzene rings is 2. The van der Waals surface area contributed by atoms with Gasteiger partial charge in [0, 0.05) is 11.9 Å². The monoisotopic (exact) mass is 372 g/mol. The van der Waals surface area contributed by atoms with E-state index >= 15 is 0 Å². The average Bonchev–Trinajstić information content (AvgIpc) is 2.64. The number of hydrogen-bond acceptors (Lipinski definition) is 5. The van der Waals surface area contributed by atoms with Crippen molar-refractivity contribution in [3.63, 3.8) is 0 Å². The van der Waals surface area contributed by atoms with Crippen molar-refractivity contribution >= 4 is 35.4 Å². The zero-order chi connectivity index (χ0) is 18.9. The number of ketones is 1. The molecular formula is C20H17ClO5. The number of hydrogen-bond donors (Lipinski definition) is 0. The van der Waals surface area contributed by atoms with Crippen LogP contribution in [0, 0.1) is 0 Å². The molecule has 2 aromatic carbocycles. The lowest BCUT2D eigenvalue weighted by atomic mass is 10.1. The summed E-state index contributed by atoms with van der Waals surface area (Å²) in [7, 11) is 0. The topological polar surface area (TPSA) is 69.7 Å². The maximum absolute atomic E-state index is 12.4. The second kappa shape index (κ2) is 9.53. The Bertz CT molecular complexity index is 827. The zero-order valence-electron chi connectivity index (χ0n) is 14.1. The Morgan fingerprint density at radius 3 is 2.27 bits per heavy atom. The van der Waals surface area contributed by atoms with E-state index in [0.717, 1.165) is 5.56 Å². The minimum atomic E-state index is -0.814. The van der Waals surface area contributed by atoms with Crippen LogP contribution in [0.25, 0.3) is 6.08 Å². The standard InChI is InChI=1S/C20H17ClO5/c1-14(22)25-13-19(23)17(11-16-9-5-6-10-18(16)21)20(24)26-12-15-7-3-2-4-8-15/h2-11H,12-13H2,1H3. The molecular weight excluding hydrogens is 356 g/mol. The molecule has 0 radical (unpaired) electrons. The molecule has 2 rings (SSSR count). The maximum atomic E-state index is 12.4. The van der Waals surface area contributed by atoms with Gasteiger partial charge >= 0.3 is 11.9 Å². The van der Waals surface area contributed by atoms with Gasteiger partial charge in [0.1, 0.15) is 12.2 Å². The molecule has 0 saturated carbocycles. The third-order valence-corrected chi connectivity index (χ3v) is 3.69. The normalized spacial score (nSPS) is 10.9. The van der Waals surface area contributed by atoms with E-state index in [1.165, 1.54) is 13.0 Å². The van der Waals surface area contributed by atoms with E-state index in [4.69, 9.17) is 21.1 Å². The second-order valence-electron chi connectivity index (χ2n) is 5.34. The number of halogens is 1. The number of carbonyl (C=O) groups is 3. The molecule has 6 heteroatoms. The summed E-state index contributed by atoms with van der Waals surface area (Å²) in [5.74, 6) is -2.10. The number of carbonyl (C=O) groups excluding carboxylic acids is 3. The minimum Gasteiger partial charge on any atom is -0.457 e. The molecule has 0 saturated heterocycles. The van der Waals surface area contributed by atoms with E-state index in [1.807, 2.05) is 18.2 Å². The van der Waals surface area contributed by atoms with Crippen LogP contribution in [0.1, 0.15) is 18.1 Å². The van der Waals surface area contributed by atoms with E-state index in [9.17, 15) is 14.4 Å². The Morgan fingerprint density at radius 1 is 0.962 bits per heavy atom. The summed E-state index contributed by atoms with van der Waals surface area (Å²) in [5.41, 5.74) is 1.03. The van der Waals surface area contributed by atoms with E-state index in [1.54, 1.807) is 36.4 Å². The van der Waals surface area contributed by atoms with Crippen LogP contribution in [0.15, 0.2) is 60.2 Å². The van der Waals surface area contributed by atoms with Crippen LogP contribution in [0.4, 0.5) is 0 Å². The lowest BCUT2D eigenvalue weighted by Crippen LogP contribution is -2.21. The quantitative estimate of drug-likeness (QED) is 0.321. The lowest BCUT2D eigenvalue weighted by Gasteiger charge is -2.09. The first-order chi connectivity index (χ1) is 12.5. The van der Waals surface area contributed by atoms with Gasteiger partial charge in [0.15, 0.2) is 6.61 Å². The summed E-state index contributed by atoms with van der Waals surface area (Å²) >= 11 is 6.08. The molecule has 0 aromatic heterocycles. The molecule has 134 valence electrons. The van der Waals surface area contributed by atoms with Crippen LogP contribution >= 0.6 is 11.6 Å². The van der Waals surface area contributed by atoms with Gasteiger partial charge in [-0.25, -0.2) is 4.79 Å². The fourth-order valence-electron chi connectivity index (χ4n) is 2.05. The Labute approximate surface area is 156 Å². The molecule has 0 aliphatic rings. The minimum absolute atomic E-state index is 0.0143. The van der Waals surface area contributed by atoms with Gasteiger partial charge in [-0.15, -0.1) is 0 Å². The Hall–Kier alpha value is -2.92. The van der Waals surface area contributed by atoms with Crippen molar-refractivity contribution in [2.45, 2.75) is 13.5 Å². The smallest absolute Gasteiger partial charge is 0.342 e. The molecule has 0 bridgehead atoms. The van der Waals surface area contributed by atoms with Gasteiger partial charge in [0.25, 0.3) is 0 Å². The molecule has 0 fully saturated rings. The van der Waals surface area contributed by atoms with E-state index < -0.39 is 24.3 Å². The Morgan fingerprint density at radius 2 is 1.62 bits per heavy atom. The van der Waals surface area contributed by atoms with Crippen molar-refractivity contribution in [3.05, 3.63) is 76.3 Å². The first kappa shape index (κ1) is 19.4. The summed E-state index contributed by atoms with van der Waals surface area (Å²) < 4.78 is 9.91. The number of rotatable bonds is 7. The highest BCUT2D eigenvalue weighted by atomic mass is 35.5. The first-order valence-electron chi connectivity index (χ1n) is 7.81. The van der Waals surface area contributed by atoms with Gasteiger partial charge in [-0.1, -0.05) is 60.1 Å². The molecule has 0 heterocycles. The molecule has 0 aliphatic heterocycles. The summed E-state index contributed by atoms with van der Waals surface area (Å²) in [4.78, 5) is 35.7. The number of Topliss-reactive ketones (excluding diaryl/α,β-unsaturated/α-hetero) is 1. The molecule has 0 unspecified atom stereocenters. The van der Waals surface area contributed by atoms with Crippen molar-refractivity contribution in [3.8, 4) is 0 Å². The molecule has 0 spiro atoms. The van der Waals surface area contributed by atoms with Gasteiger partial charge in [-0.2, -0.15) is 0 Å². The fourth-order valence-corrected chi connectivity index (χ4v) is 2.24. The van der Waals surface area contributed by atoms with Gasteiger partial charge in [0.05, 0.1) is 0 Å². The molecule has 5 nitrogen and oxygen atoms in total. The van der Waals surface area contributed by atoms with Crippen molar-refractivity contribution in [1.29, 1.82) is 0 Å². The Kier molecular flexibility index (Phi) is 7.12. The first-order valence-corrected chi connectivity index (χ1v) is 8.19. The highest BCUT2D eigenvalue weighted by molar-refractivity contribution is 6.32. The molecule has 0 atom stereocenters. The predicted octanol–water partition coefficient (Wildman–Crippen LogP) is 3.60. The Balaban J connectivity index is 2.21. The van der Waals surface area contributed by atoms with Crippen LogP contribution < -0.4 is 0 Å². The third-order valence-electron chi connectivity index (χ3n) is 3.34. The van der Waals surface area contributed by atoms with Crippen LogP contribution in [-0.2, 0) is 30.5 Å². The van der Waals surface area contributed by atoms with Crippen molar-refractivity contribution in [2.24, 2.45) is 0 Å². The molecule has 0 aliphatic carbocycles. The SMILES string of the molecule is CC(=O)OCC(=O)C(=Cc1ccccc1Cl)C(=O)OCc1ccccc1. The third kappa shape index (κ3) is 5.86. The predicted molar refractivity (Wildman–Crippen MR) is 97.3 cm³/mol. The van der Waals surface area contributed by atoms with Crippen LogP contribution in [-0.4, -0.2) is 24.3 Å². The highest BCUT2D eigenvalue weighted by Gasteiger charge is 2.21. The van der Waals surface area contributed by atoms with Gasteiger partial charge in [-0.05, 0) is 23.3 Å². The van der Waals surface area contributed by atoms with Crippen molar-refractivity contribution in [1.82, 2.24) is 0 Å². The molecule has 2 aromatic rings. The van der Waals surface area contributed by atoms with Crippen LogP contribution in [0.3, 0.4) is 0 Å². The molecule has 0 amide bonds. The zero-order valence-corrected chi connectivity index (χ0v) is 14.9. The second-order valence-corrected chi connectivity index (χ2v) is 5.75. The maximum Gasteiger partial charge on any atom is 0.342 e. The van der Waals surface area contributed by atoms with E-state index in [0.29, 0.717) is 10.6 Å². The highest BCUT2D eigenvalue weighted by Crippen LogP contribution is 2.19. The number of esters is 2. The number of ether oxygens (including phenoxy) is 2. The summed E-state index contributed by atoms with van der Waals surface area (Å²) in [6.07, 6.45) is 1.33. The van der Waals surface area contributed by atoms with Gasteiger partial charge in [-0.3, -0.25) is 9.59 Å². The van der Waals surface area contributed by atoms with E-state index in [2.05, 4.69) is 0 Å². The fraction of sp³-hybridized carbons (Fsp3) is 0.150. The van der Waals surface area contributed by atoms with Gasteiger partial charge in [0.2, 0.25) is 5.78 Å². The van der Waals surface area contributed by atoms with Crippen molar-refractivity contribution in [2.75, 3.05) is 6.61 Å². The van der Waals surface area contributed by atoms with Crippen molar-refractivity contribution < 1.29 is 23.9 Å². The summed E-state index contributed by atoms with van der Waals surface area (Å²) in [6, 6.07) is 15.8. The van der Waals surface area contributed by atoms with Crippen LogP contribution in [0.2, 0.25) is 5.02 Å². The molecule has 26 heavy (non-hydrogen) atoms. The summed E-state index contributed by atoms with van der Waals surface area (Å²) in [6.45, 7) is 0.644. The van der Waals surface area contributed by atoms with E-state index in [-0.39, 0.29) is 12.2 Å². The average molecular weight is 373 g/mol. The lowest BCUT2D eigenvalue weighted by molar-refractivity contribution is -0.147. The van der Waals surface area contributed by atoms with Crippen LogP contribution in [0.5, 0.6) is 0 Å². The largest absolute Gasteiger partial charge is 0.457 e. The summed E-state index contributed by atoms with van der Waals surface area (Å²) in [5, 5.41) is 0.376. The molecule has 0 N–H and O–H groups in total. The van der Waals surface area contributed by atoms with Gasteiger partial charge < -0.3 is 9.47 Å².